The van der Waals surface area contributed by atoms with E-state index in [-0.39, 0.29) is 36.0 Å². The van der Waals surface area contributed by atoms with Gasteiger partial charge in [-0.3, -0.25) is 0 Å². The molecule has 1 heterocycles. The summed E-state index contributed by atoms with van der Waals surface area (Å²) in [7, 11) is -2.54. The first-order valence-electron chi connectivity index (χ1n) is 13.4. The highest BCUT2D eigenvalue weighted by Gasteiger charge is 2.38. The molecule has 2 amide bonds. The van der Waals surface area contributed by atoms with Crippen molar-refractivity contribution in [1.29, 1.82) is 0 Å². The van der Waals surface area contributed by atoms with Crippen LogP contribution < -0.4 is 10.1 Å². The van der Waals surface area contributed by atoms with Crippen LogP contribution >= 0.6 is 0 Å². The molecule has 216 valence electrons. The Morgan fingerprint density at radius 1 is 1.23 bits per heavy atom. The minimum absolute atomic E-state index is 0.0166. The van der Waals surface area contributed by atoms with Gasteiger partial charge in [-0.15, -0.1) is 0 Å². The standard InChI is InChI=1S/C29H35F2N3O5S/c1-19-16-34(20(2)18-35)40(37,38)28-13-10-22(9-8-21-6-4-5-7-21)14-26(28)39-27(19)17-33(3)29(36)32-25-15-23(30)11-12-24(25)31/h10-15,19-21,27,35H,4-7,16-18H2,1-3H3,(H,32,36)/t19-,20-,27-/m0/s1. The molecule has 2 N–H and O–H groups in total. The average Bonchev–Trinajstić information content (AvgIpc) is 3.44. The third kappa shape index (κ3) is 6.74. The van der Waals surface area contributed by atoms with Crippen LogP contribution in [-0.2, 0) is 10.0 Å². The molecule has 1 saturated carbocycles. The molecular formula is C29H35F2N3O5S. The van der Waals surface area contributed by atoms with Gasteiger partial charge in [0.25, 0.3) is 0 Å². The number of likely N-dealkylation sites (N-methyl/N-ethyl adjacent to an activating group) is 1. The Balaban J connectivity index is 1.64. The SMILES string of the molecule is C[C@H]1CN([C@@H](C)CO)S(=O)(=O)c2ccc(C#CC3CCCC3)cc2O[C@H]1CN(C)C(=O)Nc1cc(F)ccc1F. The van der Waals surface area contributed by atoms with Crippen molar-refractivity contribution >= 4 is 21.7 Å². The summed E-state index contributed by atoms with van der Waals surface area (Å²) in [6, 6.07) is 6.10. The first-order valence-corrected chi connectivity index (χ1v) is 14.9. The number of aliphatic hydroxyl groups excluding tert-OH is 1. The van der Waals surface area contributed by atoms with E-state index in [4.69, 9.17) is 4.74 Å². The van der Waals surface area contributed by atoms with Crippen LogP contribution in [-0.4, -0.2) is 67.7 Å². The van der Waals surface area contributed by atoms with Crippen LogP contribution in [0.25, 0.3) is 0 Å². The van der Waals surface area contributed by atoms with Crippen molar-refractivity contribution in [2.75, 3.05) is 32.1 Å². The molecule has 1 aliphatic carbocycles. The lowest BCUT2D eigenvalue weighted by Crippen LogP contribution is -2.50. The maximum absolute atomic E-state index is 14.1. The number of carbonyl (C=O) groups excluding carboxylic acids is 1. The number of aliphatic hydroxyl groups is 1. The van der Waals surface area contributed by atoms with E-state index in [1.807, 2.05) is 0 Å². The second kappa shape index (κ2) is 12.5. The maximum atomic E-state index is 14.1. The van der Waals surface area contributed by atoms with Crippen molar-refractivity contribution < 1.29 is 31.8 Å². The van der Waals surface area contributed by atoms with Gasteiger partial charge in [0.05, 0.1) is 18.8 Å². The molecule has 1 aliphatic heterocycles. The van der Waals surface area contributed by atoms with E-state index in [0.29, 0.717) is 11.5 Å². The lowest BCUT2D eigenvalue weighted by molar-refractivity contribution is 0.0830. The van der Waals surface area contributed by atoms with Crippen LogP contribution in [0.15, 0.2) is 41.3 Å². The number of nitrogens with one attached hydrogen (secondary N) is 1. The minimum atomic E-state index is -4.02. The Hall–Kier alpha value is -3.20. The van der Waals surface area contributed by atoms with E-state index in [2.05, 4.69) is 17.2 Å². The Labute approximate surface area is 234 Å². The van der Waals surface area contributed by atoms with Gasteiger partial charge < -0.3 is 20.1 Å². The molecule has 0 bridgehead atoms. The Kier molecular flexibility index (Phi) is 9.33. The topological polar surface area (TPSA) is 99.2 Å². The molecule has 0 spiro atoms. The van der Waals surface area contributed by atoms with Gasteiger partial charge in [-0.1, -0.05) is 31.6 Å². The molecule has 0 radical (unpaired) electrons. The lowest BCUT2D eigenvalue weighted by atomic mass is 10.0. The van der Waals surface area contributed by atoms with Crippen molar-refractivity contribution in [3.63, 3.8) is 0 Å². The normalized spacial score (nSPS) is 21.6. The van der Waals surface area contributed by atoms with Gasteiger partial charge in [0, 0.05) is 43.1 Å². The number of urea groups is 1. The molecule has 2 aromatic carbocycles. The molecule has 40 heavy (non-hydrogen) atoms. The van der Waals surface area contributed by atoms with Crippen LogP contribution in [0.3, 0.4) is 0 Å². The van der Waals surface area contributed by atoms with Crippen LogP contribution in [0.2, 0.25) is 0 Å². The molecule has 3 atom stereocenters. The monoisotopic (exact) mass is 575 g/mol. The van der Waals surface area contributed by atoms with Crippen molar-refractivity contribution in [1.82, 2.24) is 9.21 Å². The zero-order chi connectivity index (χ0) is 29.0. The first-order chi connectivity index (χ1) is 19.0. The minimum Gasteiger partial charge on any atom is -0.487 e. The Morgan fingerprint density at radius 3 is 2.65 bits per heavy atom. The fourth-order valence-corrected chi connectivity index (χ4v) is 6.76. The molecule has 2 aliphatic rings. The summed E-state index contributed by atoms with van der Waals surface area (Å²) in [6.07, 6.45) is 3.72. The number of sulfonamides is 1. The highest BCUT2D eigenvalue weighted by atomic mass is 32.2. The van der Waals surface area contributed by atoms with Crippen molar-refractivity contribution in [3.05, 3.63) is 53.6 Å². The zero-order valence-electron chi connectivity index (χ0n) is 22.9. The van der Waals surface area contributed by atoms with Crippen molar-refractivity contribution in [3.8, 4) is 17.6 Å². The number of carbonyl (C=O) groups is 1. The summed E-state index contributed by atoms with van der Waals surface area (Å²) in [4.78, 5) is 14.1. The number of rotatable bonds is 5. The van der Waals surface area contributed by atoms with Crippen LogP contribution in [0.1, 0.15) is 45.1 Å². The van der Waals surface area contributed by atoms with E-state index in [0.717, 1.165) is 43.9 Å². The van der Waals surface area contributed by atoms with E-state index in [9.17, 15) is 27.1 Å². The first kappa shape index (κ1) is 29.8. The quantitative estimate of drug-likeness (QED) is 0.514. The fourth-order valence-electron chi connectivity index (χ4n) is 4.93. The molecular weight excluding hydrogens is 540 g/mol. The summed E-state index contributed by atoms with van der Waals surface area (Å²) in [5, 5.41) is 12.2. The number of nitrogens with zero attached hydrogens (tertiary/aromatic N) is 2. The van der Waals surface area contributed by atoms with Crippen LogP contribution in [0, 0.1) is 35.3 Å². The average molecular weight is 576 g/mol. The number of hydrogen-bond donors (Lipinski definition) is 2. The number of fused-ring (bicyclic) bond motifs is 1. The highest BCUT2D eigenvalue weighted by Crippen LogP contribution is 2.34. The zero-order valence-corrected chi connectivity index (χ0v) is 23.7. The maximum Gasteiger partial charge on any atom is 0.321 e. The number of anilines is 1. The molecule has 0 saturated heterocycles. The van der Waals surface area contributed by atoms with Crippen molar-refractivity contribution in [2.24, 2.45) is 11.8 Å². The molecule has 1 fully saturated rings. The van der Waals surface area contributed by atoms with E-state index in [1.54, 1.807) is 26.0 Å². The molecule has 8 nitrogen and oxygen atoms in total. The number of benzene rings is 2. The second-order valence-electron chi connectivity index (χ2n) is 10.6. The summed E-state index contributed by atoms with van der Waals surface area (Å²) in [5.74, 6) is 4.96. The van der Waals surface area contributed by atoms with Gasteiger partial charge in [0.2, 0.25) is 10.0 Å². The van der Waals surface area contributed by atoms with E-state index >= 15 is 0 Å². The number of ether oxygens (including phenoxy) is 1. The molecule has 0 unspecified atom stereocenters. The molecule has 4 rings (SSSR count). The summed E-state index contributed by atoms with van der Waals surface area (Å²) >= 11 is 0. The van der Waals surface area contributed by atoms with E-state index < -0.39 is 45.8 Å². The fraction of sp³-hybridized carbons (Fsp3) is 0.483. The smallest absolute Gasteiger partial charge is 0.321 e. The number of hydrogen-bond acceptors (Lipinski definition) is 5. The predicted octanol–water partition coefficient (Wildman–Crippen LogP) is 4.44. The second-order valence-corrected chi connectivity index (χ2v) is 12.4. The highest BCUT2D eigenvalue weighted by molar-refractivity contribution is 7.89. The van der Waals surface area contributed by atoms with Gasteiger partial charge in [-0.2, -0.15) is 4.31 Å². The van der Waals surface area contributed by atoms with Crippen LogP contribution in [0.5, 0.6) is 5.75 Å². The van der Waals surface area contributed by atoms with Crippen LogP contribution in [0.4, 0.5) is 19.3 Å². The third-order valence-electron chi connectivity index (χ3n) is 7.41. The predicted molar refractivity (Wildman–Crippen MR) is 147 cm³/mol. The van der Waals surface area contributed by atoms with Gasteiger partial charge in [-0.25, -0.2) is 22.0 Å². The lowest BCUT2D eigenvalue weighted by Gasteiger charge is -2.37. The van der Waals surface area contributed by atoms with Gasteiger partial charge >= 0.3 is 6.03 Å². The summed E-state index contributed by atoms with van der Waals surface area (Å²) < 4.78 is 62.5. The van der Waals surface area contributed by atoms with E-state index in [1.165, 1.54) is 22.3 Å². The molecule has 2 aromatic rings. The number of amides is 2. The van der Waals surface area contributed by atoms with Crippen molar-refractivity contribution in [2.45, 2.75) is 56.6 Å². The molecule has 0 aromatic heterocycles. The number of halogens is 2. The van der Waals surface area contributed by atoms with Gasteiger partial charge in [0.1, 0.15) is 28.4 Å². The molecule has 11 heteroatoms. The summed E-state index contributed by atoms with van der Waals surface area (Å²) in [5.41, 5.74) is 0.315. The Bertz CT molecular complexity index is 1400. The largest absolute Gasteiger partial charge is 0.487 e. The van der Waals surface area contributed by atoms with Gasteiger partial charge in [-0.05, 0) is 50.1 Å². The van der Waals surface area contributed by atoms with Gasteiger partial charge in [0.15, 0.2) is 0 Å². The summed E-state index contributed by atoms with van der Waals surface area (Å²) in [6.45, 7) is 3.09. The third-order valence-corrected chi connectivity index (χ3v) is 9.43. The Morgan fingerprint density at radius 2 is 1.95 bits per heavy atom.